The van der Waals surface area contributed by atoms with Crippen molar-refractivity contribution in [3.8, 4) is 11.3 Å². The Labute approximate surface area is 184 Å². The highest BCUT2D eigenvalue weighted by molar-refractivity contribution is 7.91. The highest BCUT2D eigenvalue weighted by atomic mass is 32.2. The van der Waals surface area contributed by atoms with Gasteiger partial charge in [-0.25, -0.2) is 18.1 Å². The molecular weight excluding hydrogens is 430 g/mol. The second kappa shape index (κ2) is 7.56. The Hall–Kier alpha value is -3.53. The van der Waals surface area contributed by atoms with Gasteiger partial charge < -0.3 is 9.84 Å². The molecule has 0 saturated carbocycles. The molecule has 1 amide bonds. The number of anilines is 1. The fraction of sp³-hybridized carbons (Fsp3) is 0.273. The lowest BCUT2D eigenvalue weighted by Gasteiger charge is -2.14. The zero-order valence-corrected chi connectivity index (χ0v) is 18.4. The Morgan fingerprint density at radius 1 is 1.19 bits per heavy atom. The van der Waals surface area contributed by atoms with E-state index in [0.29, 0.717) is 40.3 Å². The van der Waals surface area contributed by atoms with Crippen molar-refractivity contribution in [1.29, 1.82) is 0 Å². The first-order valence-corrected chi connectivity index (χ1v) is 12.0. The lowest BCUT2D eigenvalue weighted by molar-refractivity contribution is 0.102. The predicted molar refractivity (Wildman–Crippen MR) is 119 cm³/mol. The van der Waals surface area contributed by atoms with Crippen molar-refractivity contribution in [3.05, 3.63) is 59.4 Å². The van der Waals surface area contributed by atoms with Gasteiger partial charge in [0.1, 0.15) is 5.82 Å². The molecule has 10 heteroatoms. The Morgan fingerprint density at radius 3 is 2.69 bits per heavy atom. The van der Waals surface area contributed by atoms with Crippen LogP contribution in [0.25, 0.3) is 22.4 Å². The van der Waals surface area contributed by atoms with E-state index < -0.39 is 9.84 Å². The molecule has 5 rings (SSSR count). The quantitative estimate of drug-likeness (QED) is 0.505. The maximum Gasteiger partial charge on any atom is 0.259 e. The van der Waals surface area contributed by atoms with Crippen LogP contribution in [0.3, 0.4) is 0 Å². The van der Waals surface area contributed by atoms with E-state index in [2.05, 4.69) is 20.6 Å². The Balaban J connectivity index is 1.55. The van der Waals surface area contributed by atoms with Crippen LogP contribution in [0.15, 0.2) is 47.0 Å². The number of aryl methyl sites for hydroxylation is 2. The van der Waals surface area contributed by atoms with Gasteiger partial charge in [-0.1, -0.05) is 35.5 Å². The molecule has 0 radical (unpaired) electrons. The van der Waals surface area contributed by atoms with E-state index >= 15 is 0 Å². The zero-order valence-electron chi connectivity index (χ0n) is 17.6. The van der Waals surface area contributed by atoms with Crippen molar-refractivity contribution < 1.29 is 17.7 Å². The maximum atomic E-state index is 13.4. The maximum absolute atomic E-state index is 13.4. The molecule has 4 heterocycles. The molecule has 0 bridgehead atoms. The van der Waals surface area contributed by atoms with Crippen LogP contribution in [0, 0.1) is 13.8 Å². The summed E-state index contributed by atoms with van der Waals surface area (Å²) in [4.78, 5) is 17.9. The van der Waals surface area contributed by atoms with Gasteiger partial charge in [0.05, 0.1) is 45.6 Å². The number of pyridine rings is 1. The fourth-order valence-electron chi connectivity index (χ4n) is 4.07. The molecule has 1 aliphatic heterocycles. The van der Waals surface area contributed by atoms with Crippen molar-refractivity contribution in [1.82, 2.24) is 19.9 Å². The van der Waals surface area contributed by atoms with E-state index in [9.17, 15) is 13.2 Å². The first-order chi connectivity index (χ1) is 15.3. The van der Waals surface area contributed by atoms with Crippen LogP contribution in [0.5, 0.6) is 0 Å². The summed E-state index contributed by atoms with van der Waals surface area (Å²) in [5.74, 6) is 0.215. The highest BCUT2D eigenvalue weighted by Gasteiger charge is 2.31. The molecule has 1 aliphatic rings. The molecule has 9 nitrogen and oxygen atoms in total. The van der Waals surface area contributed by atoms with Crippen LogP contribution in [0.4, 0.5) is 5.82 Å². The number of rotatable bonds is 4. The number of fused-ring (bicyclic) bond motifs is 1. The minimum atomic E-state index is -3.10. The number of hydrogen-bond acceptors (Lipinski definition) is 7. The number of benzene rings is 1. The van der Waals surface area contributed by atoms with Gasteiger partial charge in [0, 0.05) is 11.6 Å². The zero-order chi connectivity index (χ0) is 22.5. The summed E-state index contributed by atoms with van der Waals surface area (Å²) >= 11 is 0. The topological polar surface area (TPSA) is 120 Å². The summed E-state index contributed by atoms with van der Waals surface area (Å²) in [6, 6.07) is 12.6. The summed E-state index contributed by atoms with van der Waals surface area (Å²) in [5.41, 5.74) is 3.33. The molecule has 4 aromatic rings. The van der Waals surface area contributed by atoms with Gasteiger partial charge in [-0.05, 0) is 26.3 Å². The van der Waals surface area contributed by atoms with Crippen molar-refractivity contribution in [3.63, 3.8) is 0 Å². The second-order valence-electron chi connectivity index (χ2n) is 8.00. The van der Waals surface area contributed by atoms with Gasteiger partial charge in [0.2, 0.25) is 0 Å². The van der Waals surface area contributed by atoms with E-state index in [4.69, 9.17) is 4.52 Å². The van der Waals surface area contributed by atoms with Crippen molar-refractivity contribution in [2.75, 3.05) is 16.8 Å². The molecule has 32 heavy (non-hydrogen) atoms. The lowest BCUT2D eigenvalue weighted by atomic mass is 10.1. The number of carbonyl (C=O) groups is 1. The third-order valence-electron chi connectivity index (χ3n) is 5.59. The molecule has 164 valence electrons. The molecule has 1 aromatic carbocycles. The molecule has 1 N–H and O–H groups in total. The minimum absolute atomic E-state index is 0.0133. The predicted octanol–water partition coefficient (Wildman–Crippen LogP) is 3.32. The molecule has 0 aliphatic carbocycles. The fourth-order valence-corrected chi connectivity index (χ4v) is 5.76. The number of nitrogens with one attached hydrogen (secondary N) is 1. The SMILES string of the molecule is Cc1cc(NC(=O)c2cc(-c3ccccc3)nc3onc(C)c23)n(C2CCS(=O)(=O)C2)n1. The van der Waals surface area contributed by atoms with Crippen LogP contribution < -0.4 is 5.32 Å². The molecule has 1 unspecified atom stereocenters. The van der Waals surface area contributed by atoms with Gasteiger partial charge in [-0.2, -0.15) is 5.10 Å². The lowest BCUT2D eigenvalue weighted by Crippen LogP contribution is -2.20. The number of sulfone groups is 1. The minimum Gasteiger partial charge on any atom is -0.335 e. The van der Waals surface area contributed by atoms with Crippen LogP contribution in [0.1, 0.15) is 34.2 Å². The highest BCUT2D eigenvalue weighted by Crippen LogP contribution is 2.30. The summed E-state index contributed by atoms with van der Waals surface area (Å²) < 4.78 is 30.9. The van der Waals surface area contributed by atoms with E-state index in [1.54, 1.807) is 30.7 Å². The third-order valence-corrected chi connectivity index (χ3v) is 7.34. The summed E-state index contributed by atoms with van der Waals surface area (Å²) in [7, 11) is -3.10. The summed E-state index contributed by atoms with van der Waals surface area (Å²) in [6.45, 7) is 3.56. The van der Waals surface area contributed by atoms with Crippen molar-refractivity contribution in [2.45, 2.75) is 26.3 Å². The number of carbonyl (C=O) groups excluding carboxylic acids is 1. The average Bonchev–Trinajstić information content (AvgIpc) is 3.44. The van der Waals surface area contributed by atoms with Crippen molar-refractivity contribution in [2.24, 2.45) is 0 Å². The van der Waals surface area contributed by atoms with Crippen LogP contribution in [-0.4, -0.2) is 45.8 Å². The third kappa shape index (κ3) is 3.66. The largest absolute Gasteiger partial charge is 0.335 e. The van der Waals surface area contributed by atoms with E-state index in [1.807, 2.05) is 30.3 Å². The van der Waals surface area contributed by atoms with Crippen LogP contribution >= 0.6 is 0 Å². The van der Waals surface area contributed by atoms with Crippen LogP contribution in [-0.2, 0) is 9.84 Å². The first kappa shape index (κ1) is 20.4. The summed E-state index contributed by atoms with van der Waals surface area (Å²) in [5, 5.41) is 11.9. The molecule has 1 fully saturated rings. The van der Waals surface area contributed by atoms with Crippen molar-refractivity contribution >= 4 is 32.7 Å². The Bertz CT molecular complexity index is 1440. The van der Waals surface area contributed by atoms with Gasteiger partial charge in [0.15, 0.2) is 9.84 Å². The van der Waals surface area contributed by atoms with Gasteiger partial charge in [-0.3, -0.25) is 4.79 Å². The smallest absolute Gasteiger partial charge is 0.259 e. The second-order valence-corrected chi connectivity index (χ2v) is 10.2. The van der Waals surface area contributed by atoms with E-state index in [1.165, 1.54) is 0 Å². The number of amides is 1. The van der Waals surface area contributed by atoms with Gasteiger partial charge in [-0.15, -0.1) is 0 Å². The number of hydrogen-bond donors (Lipinski definition) is 1. The van der Waals surface area contributed by atoms with Gasteiger partial charge in [0.25, 0.3) is 11.6 Å². The summed E-state index contributed by atoms with van der Waals surface area (Å²) in [6.07, 6.45) is 0.467. The molecule has 3 aromatic heterocycles. The average molecular weight is 452 g/mol. The van der Waals surface area contributed by atoms with Gasteiger partial charge >= 0.3 is 0 Å². The molecule has 1 saturated heterocycles. The number of aromatic nitrogens is 4. The van der Waals surface area contributed by atoms with E-state index in [0.717, 1.165) is 5.56 Å². The molecular formula is C22H21N5O4S. The Kier molecular flexibility index (Phi) is 4.81. The number of nitrogens with zero attached hydrogens (tertiary/aromatic N) is 4. The molecule has 1 atom stereocenters. The monoisotopic (exact) mass is 451 g/mol. The Morgan fingerprint density at radius 2 is 1.97 bits per heavy atom. The van der Waals surface area contributed by atoms with E-state index in [-0.39, 0.29) is 29.2 Å². The molecule has 0 spiro atoms. The van der Waals surface area contributed by atoms with Crippen LogP contribution in [0.2, 0.25) is 0 Å². The first-order valence-electron chi connectivity index (χ1n) is 10.2. The standard InChI is InChI=1S/C22H21N5O4S/c1-13-10-19(27(25-13)16-8-9-32(29,30)12-16)24-21(28)17-11-18(15-6-4-3-5-7-15)23-22-20(17)14(2)26-31-22/h3-7,10-11,16H,8-9,12H2,1-2H3,(H,24,28). The normalized spacial score (nSPS) is 17.6.